The van der Waals surface area contributed by atoms with Crippen LogP contribution in [-0.4, -0.2) is 25.3 Å². The van der Waals surface area contributed by atoms with E-state index in [1.54, 1.807) is 0 Å². The zero-order valence-corrected chi connectivity index (χ0v) is 8.75. The van der Waals surface area contributed by atoms with E-state index in [9.17, 15) is 0 Å². The molecule has 0 aromatic heterocycles. The number of hydrogen-bond acceptors (Lipinski definition) is 2. The highest BCUT2D eigenvalue weighted by molar-refractivity contribution is 4.96. The fraction of sp³-hybridized carbons (Fsp3) is 0.818. The van der Waals surface area contributed by atoms with Crippen molar-refractivity contribution in [2.75, 3.05) is 13.2 Å². The second-order valence-corrected chi connectivity index (χ2v) is 3.68. The summed E-state index contributed by atoms with van der Waals surface area (Å²) in [5, 5.41) is 3.41. The van der Waals surface area contributed by atoms with Gasteiger partial charge in [-0.15, -0.1) is 0 Å². The van der Waals surface area contributed by atoms with E-state index in [1.807, 2.05) is 0 Å². The molecule has 1 heterocycles. The quantitative estimate of drug-likeness (QED) is 0.659. The molecule has 2 atom stereocenters. The second kappa shape index (κ2) is 6.17. The van der Waals surface area contributed by atoms with Crippen LogP contribution in [0.25, 0.3) is 0 Å². The molecule has 0 amide bonds. The third kappa shape index (κ3) is 4.44. The van der Waals surface area contributed by atoms with E-state index in [1.165, 1.54) is 19.3 Å². The van der Waals surface area contributed by atoms with Crippen molar-refractivity contribution in [3.05, 3.63) is 12.2 Å². The van der Waals surface area contributed by atoms with E-state index in [0.717, 1.165) is 13.2 Å². The van der Waals surface area contributed by atoms with Crippen molar-refractivity contribution in [1.82, 2.24) is 5.32 Å². The van der Waals surface area contributed by atoms with Crippen LogP contribution in [-0.2, 0) is 4.74 Å². The normalized spacial score (nSPS) is 25.5. The Kier molecular flexibility index (Phi) is 5.09. The molecule has 0 radical (unpaired) electrons. The molecule has 2 nitrogen and oxygen atoms in total. The zero-order chi connectivity index (χ0) is 9.52. The Balaban J connectivity index is 2.13. The molecule has 0 spiro atoms. The molecule has 0 bridgehead atoms. The van der Waals surface area contributed by atoms with Crippen LogP contribution in [0.4, 0.5) is 0 Å². The Hall–Kier alpha value is -0.340. The van der Waals surface area contributed by atoms with Crippen molar-refractivity contribution in [3.63, 3.8) is 0 Å². The Morgan fingerprint density at radius 1 is 1.62 bits per heavy atom. The van der Waals surface area contributed by atoms with Crippen molar-refractivity contribution in [2.45, 2.75) is 45.3 Å². The minimum absolute atomic E-state index is 0.380. The topological polar surface area (TPSA) is 21.3 Å². The fourth-order valence-corrected chi connectivity index (χ4v) is 1.48. The molecule has 1 rings (SSSR count). The van der Waals surface area contributed by atoms with Gasteiger partial charge in [-0.05, 0) is 32.7 Å². The highest BCUT2D eigenvalue weighted by Crippen LogP contribution is 2.12. The summed E-state index contributed by atoms with van der Waals surface area (Å²) in [5.74, 6) is 0. The van der Waals surface area contributed by atoms with Crippen LogP contribution in [0.3, 0.4) is 0 Å². The molecule has 1 N–H and O–H groups in total. The minimum Gasteiger partial charge on any atom is -0.374 e. The largest absolute Gasteiger partial charge is 0.374 e. The van der Waals surface area contributed by atoms with Crippen molar-refractivity contribution in [2.24, 2.45) is 0 Å². The van der Waals surface area contributed by atoms with Gasteiger partial charge in [-0.25, -0.2) is 0 Å². The maximum absolute atomic E-state index is 5.49. The van der Waals surface area contributed by atoms with Crippen molar-refractivity contribution >= 4 is 0 Å². The first-order valence-electron chi connectivity index (χ1n) is 5.36. The molecule has 1 aliphatic rings. The summed E-state index contributed by atoms with van der Waals surface area (Å²) in [5.41, 5.74) is 0. The van der Waals surface area contributed by atoms with Crippen molar-refractivity contribution in [3.8, 4) is 0 Å². The summed E-state index contributed by atoms with van der Waals surface area (Å²) in [6.45, 7) is 6.40. The van der Waals surface area contributed by atoms with Crippen LogP contribution in [0.1, 0.15) is 33.1 Å². The van der Waals surface area contributed by atoms with Gasteiger partial charge in [0.05, 0.1) is 6.10 Å². The van der Waals surface area contributed by atoms with E-state index < -0.39 is 0 Å². The van der Waals surface area contributed by atoms with Gasteiger partial charge in [-0.2, -0.15) is 0 Å². The minimum atomic E-state index is 0.380. The van der Waals surface area contributed by atoms with Crippen LogP contribution >= 0.6 is 0 Å². The SMILES string of the molecule is CCCNC(C)/C=C/C1CCCO1. The molecule has 0 aliphatic carbocycles. The molecule has 76 valence electrons. The predicted molar refractivity (Wildman–Crippen MR) is 55.9 cm³/mol. The zero-order valence-electron chi connectivity index (χ0n) is 8.75. The predicted octanol–water partition coefficient (Wildman–Crippen LogP) is 2.11. The molecule has 2 heteroatoms. The first-order chi connectivity index (χ1) is 6.33. The Morgan fingerprint density at radius 2 is 2.46 bits per heavy atom. The fourth-order valence-electron chi connectivity index (χ4n) is 1.48. The molecule has 1 fully saturated rings. The van der Waals surface area contributed by atoms with Crippen LogP contribution in [0.15, 0.2) is 12.2 Å². The lowest BCUT2D eigenvalue weighted by atomic mass is 10.2. The van der Waals surface area contributed by atoms with Gasteiger partial charge in [0, 0.05) is 12.6 Å². The molecule has 1 saturated heterocycles. The number of rotatable bonds is 5. The molecular weight excluding hydrogens is 162 g/mol. The van der Waals surface area contributed by atoms with E-state index >= 15 is 0 Å². The van der Waals surface area contributed by atoms with Crippen LogP contribution in [0.5, 0.6) is 0 Å². The summed E-state index contributed by atoms with van der Waals surface area (Å²) in [6.07, 6.45) is 8.39. The Bertz CT molecular complexity index is 150. The van der Waals surface area contributed by atoms with Gasteiger partial charge in [0.1, 0.15) is 0 Å². The summed E-state index contributed by atoms with van der Waals surface area (Å²) in [4.78, 5) is 0. The van der Waals surface area contributed by atoms with E-state index in [-0.39, 0.29) is 0 Å². The van der Waals surface area contributed by atoms with Crippen LogP contribution < -0.4 is 5.32 Å². The van der Waals surface area contributed by atoms with Crippen LogP contribution in [0, 0.1) is 0 Å². The van der Waals surface area contributed by atoms with Gasteiger partial charge in [-0.3, -0.25) is 0 Å². The Morgan fingerprint density at radius 3 is 3.08 bits per heavy atom. The number of hydrogen-bond donors (Lipinski definition) is 1. The number of nitrogens with one attached hydrogen (secondary N) is 1. The molecule has 0 aromatic carbocycles. The summed E-state index contributed by atoms with van der Waals surface area (Å²) in [7, 11) is 0. The summed E-state index contributed by atoms with van der Waals surface area (Å²) >= 11 is 0. The van der Waals surface area contributed by atoms with Gasteiger partial charge in [-0.1, -0.05) is 19.1 Å². The second-order valence-electron chi connectivity index (χ2n) is 3.68. The molecule has 1 aliphatic heterocycles. The van der Waals surface area contributed by atoms with Gasteiger partial charge < -0.3 is 10.1 Å². The molecule has 0 saturated carbocycles. The van der Waals surface area contributed by atoms with E-state index in [2.05, 4.69) is 31.3 Å². The third-order valence-electron chi connectivity index (χ3n) is 2.30. The lowest BCUT2D eigenvalue weighted by Gasteiger charge is -2.09. The van der Waals surface area contributed by atoms with Gasteiger partial charge in [0.15, 0.2) is 0 Å². The van der Waals surface area contributed by atoms with Crippen molar-refractivity contribution < 1.29 is 4.74 Å². The summed E-state index contributed by atoms with van der Waals surface area (Å²) in [6, 6.07) is 0.476. The maximum atomic E-state index is 5.49. The maximum Gasteiger partial charge on any atom is 0.0757 e. The standard InChI is InChI=1S/C11H21NO/c1-3-8-12-10(2)6-7-11-5-4-9-13-11/h6-7,10-12H,3-5,8-9H2,1-2H3/b7-6+. The average molecular weight is 183 g/mol. The monoisotopic (exact) mass is 183 g/mol. The molecule has 13 heavy (non-hydrogen) atoms. The van der Waals surface area contributed by atoms with Gasteiger partial charge in [0.25, 0.3) is 0 Å². The molecular formula is C11H21NO. The van der Waals surface area contributed by atoms with Crippen molar-refractivity contribution in [1.29, 1.82) is 0 Å². The molecule has 2 unspecified atom stereocenters. The van der Waals surface area contributed by atoms with E-state index in [0.29, 0.717) is 12.1 Å². The molecule has 0 aromatic rings. The number of ether oxygens (including phenoxy) is 1. The third-order valence-corrected chi connectivity index (χ3v) is 2.30. The van der Waals surface area contributed by atoms with Gasteiger partial charge in [0.2, 0.25) is 0 Å². The highest BCUT2D eigenvalue weighted by atomic mass is 16.5. The average Bonchev–Trinajstić information content (AvgIpc) is 2.64. The first kappa shape index (κ1) is 10.7. The van der Waals surface area contributed by atoms with E-state index in [4.69, 9.17) is 4.74 Å². The van der Waals surface area contributed by atoms with Gasteiger partial charge >= 0.3 is 0 Å². The Labute approximate surface area is 81.4 Å². The van der Waals surface area contributed by atoms with Crippen LogP contribution in [0.2, 0.25) is 0 Å². The summed E-state index contributed by atoms with van der Waals surface area (Å²) < 4.78 is 5.49. The first-order valence-corrected chi connectivity index (χ1v) is 5.36. The lowest BCUT2D eigenvalue weighted by molar-refractivity contribution is 0.145. The highest BCUT2D eigenvalue weighted by Gasteiger charge is 2.11. The smallest absolute Gasteiger partial charge is 0.0757 e. The lowest BCUT2D eigenvalue weighted by Crippen LogP contribution is -2.24.